The van der Waals surface area contributed by atoms with E-state index in [2.05, 4.69) is 61.2 Å². The third-order valence-corrected chi connectivity index (χ3v) is 11.0. The molecule has 40 heavy (non-hydrogen) atoms. The first-order valence-corrected chi connectivity index (χ1v) is 14.6. The Labute approximate surface area is 238 Å². The Hall–Kier alpha value is -3.90. The molecule has 1 amide bonds. The lowest BCUT2D eigenvalue weighted by molar-refractivity contribution is -0.161. The summed E-state index contributed by atoms with van der Waals surface area (Å²) in [6.45, 7) is 4.96. The molecule has 0 unspecified atom stereocenters. The molecule has 3 aliphatic carbocycles. The van der Waals surface area contributed by atoms with Crippen LogP contribution in [0.2, 0.25) is 0 Å². The van der Waals surface area contributed by atoms with Crippen LogP contribution in [0.15, 0.2) is 85.4 Å². The molecule has 5 nitrogen and oxygen atoms in total. The topological polar surface area (TPSA) is 55.8 Å². The van der Waals surface area contributed by atoms with Crippen LogP contribution in [0.3, 0.4) is 0 Å². The molecule has 1 saturated heterocycles. The Balaban J connectivity index is 1.40. The van der Waals surface area contributed by atoms with Crippen LogP contribution in [0, 0.1) is 11.3 Å². The lowest BCUT2D eigenvalue weighted by Gasteiger charge is -2.59. The van der Waals surface area contributed by atoms with Gasteiger partial charge in [-0.1, -0.05) is 67.2 Å². The van der Waals surface area contributed by atoms with E-state index in [1.54, 1.807) is 7.11 Å². The minimum atomic E-state index is -0.839. The molecule has 1 aliphatic heterocycles. The van der Waals surface area contributed by atoms with E-state index in [4.69, 9.17) is 9.47 Å². The Bertz CT molecular complexity index is 1660. The maximum atomic E-state index is 14.1. The van der Waals surface area contributed by atoms with Gasteiger partial charge in [-0.3, -0.25) is 9.59 Å². The molecule has 2 fully saturated rings. The molecule has 4 aliphatic rings. The minimum Gasteiger partial charge on any atom is -0.496 e. The highest BCUT2D eigenvalue weighted by Crippen LogP contribution is 2.70. The number of rotatable bonds is 5. The predicted molar refractivity (Wildman–Crippen MR) is 158 cm³/mol. The monoisotopic (exact) mass is 549 g/mol. The summed E-state index contributed by atoms with van der Waals surface area (Å²) >= 11 is 1.81. The fraction of sp³-hybridized carbons (Fsp3) is 0.294. The van der Waals surface area contributed by atoms with Crippen LogP contribution < -0.4 is 4.74 Å². The van der Waals surface area contributed by atoms with Crippen molar-refractivity contribution in [3.8, 4) is 5.75 Å². The van der Waals surface area contributed by atoms with Crippen LogP contribution in [0.4, 0.5) is 0 Å². The second-order valence-corrected chi connectivity index (χ2v) is 12.3. The van der Waals surface area contributed by atoms with Gasteiger partial charge < -0.3 is 14.4 Å². The number of likely N-dealkylation sites (tertiary alicyclic amines) is 1. The number of benzene rings is 3. The molecular weight excluding hydrogens is 518 g/mol. The molecule has 2 heterocycles. The number of thiophene rings is 1. The minimum absolute atomic E-state index is 0.0188. The molecule has 6 heteroatoms. The summed E-state index contributed by atoms with van der Waals surface area (Å²) in [5.41, 5.74) is 2.31. The summed E-state index contributed by atoms with van der Waals surface area (Å²) in [7, 11) is 3.07. The van der Waals surface area contributed by atoms with E-state index < -0.39 is 10.8 Å². The maximum Gasteiger partial charge on any atom is 0.314 e. The highest BCUT2D eigenvalue weighted by atomic mass is 32.1. The third-order valence-electron chi connectivity index (χ3n) is 9.75. The van der Waals surface area contributed by atoms with Gasteiger partial charge in [-0.25, -0.2) is 0 Å². The number of hydrogen-bond acceptors (Lipinski definition) is 5. The molecule has 202 valence electrons. The van der Waals surface area contributed by atoms with Crippen LogP contribution in [0.5, 0.6) is 5.75 Å². The van der Waals surface area contributed by atoms with Crippen LogP contribution in [0.25, 0.3) is 15.7 Å². The number of para-hydroxylation sites is 1. The quantitative estimate of drug-likeness (QED) is 0.213. The predicted octanol–water partition coefficient (Wildman–Crippen LogP) is 6.42. The van der Waals surface area contributed by atoms with Crippen LogP contribution in [-0.4, -0.2) is 44.1 Å². The number of fused-ring (bicyclic) bond motifs is 2. The smallest absolute Gasteiger partial charge is 0.314 e. The van der Waals surface area contributed by atoms with Crippen LogP contribution in [-0.2, 0) is 19.7 Å². The Kier molecular flexibility index (Phi) is 5.69. The Morgan fingerprint density at radius 3 is 2.55 bits per heavy atom. The average Bonchev–Trinajstić information content (AvgIpc) is 3.64. The van der Waals surface area contributed by atoms with E-state index in [0.29, 0.717) is 30.0 Å². The second kappa shape index (κ2) is 9.07. The molecule has 0 radical (unpaired) electrons. The van der Waals surface area contributed by atoms with Crippen molar-refractivity contribution in [1.29, 1.82) is 0 Å². The van der Waals surface area contributed by atoms with Crippen molar-refractivity contribution in [1.82, 2.24) is 4.90 Å². The zero-order valence-corrected chi connectivity index (χ0v) is 23.5. The molecule has 4 atom stereocenters. The second-order valence-electron chi connectivity index (χ2n) is 11.2. The fourth-order valence-electron chi connectivity index (χ4n) is 8.11. The van der Waals surface area contributed by atoms with E-state index in [1.807, 2.05) is 40.5 Å². The summed E-state index contributed by atoms with van der Waals surface area (Å²) in [6, 6.07) is 26.8. The molecule has 0 N–H and O–H groups in total. The zero-order valence-electron chi connectivity index (χ0n) is 22.7. The highest BCUT2D eigenvalue weighted by Gasteiger charge is 2.71. The first-order valence-electron chi connectivity index (χ1n) is 13.7. The number of ether oxygens (including phenoxy) is 2. The van der Waals surface area contributed by atoms with Gasteiger partial charge >= 0.3 is 5.97 Å². The number of nitrogens with zero attached hydrogens (tertiary/aromatic N) is 1. The summed E-state index contributed by atoms with van der Waals surface area (Å²) in [4.78, 5) is 31.3. The van der Waals surface area contributed by atoms with Crippen molar-refractivity contribution in [2.45, 2.75) is 24.2 Å². The molecule has 4 aromatic rings. The summed E-state index contributed by atoms with van der Waals surface area (Å²) in [5.74, 6) is 0.0743. The molecule has 1 aromatic heterocycles. The van der Waals surface area contributed by atoms with E-state index in [1.165, 1.54) is 33.2 Å². The van der Waals surface area contributed by atoms with E-state index in [9.17, 15) is 9.59 Å². The van der Waals surface area contributed by atoms with Gasteiger partial charge in [0.05, 0.1) is 19.6 Å². The first kappa shape index (κ1) is 25.1. The van der Waals surface area contributed by atoms with Crippen molar-refractivity contribution in [3.05, 3.63) is 107 Å². The van der Waals surface area contributed by atoms with Gasteiger partial charge in [0, 0.05) is 51.1 Å². The van der Waals surface area contributed by atoms with Gasteiger partial charge in [0.15, 0.2) is 0 Å². The highest BCUT2D eigenvalue weighted by molar-refractivity contribution is 7.19. The van der Waals surface area contributed by atoms with E-state index in [0.717, 1.165) is 12.8 Å². The molecule has 3 aromatic carbocycles. The summed E-state index contributed by atoms with van der Waals surface area (Å²) < 4.78 is 12.4. The van der Waals surface area contributed by atoms with Gasteiger partial charge in [0.25, 0.3) is 5.91 Å². The van der Waals surface area contributed by atoms with Gasteiger partial charge in [0.1, 0.15) is 5.75 Å². The number of hydrogen-bond donors (Lipinski definition) is 0. The van der Waals surface area contributed by atoms with Crippen LogP contribution >= 0.6 is 11.3 Å². The van der Waals surface area contributed by atoms with E-state index >= 15 is 0 Å². The van der Waals surface area contributed by atoms with Crippen molar-refractivity contribution in [2.24, 2.45) is 11.3 Å². The van der Waals surface area contributed by atoms with E-state index in [-0.39, 0.29) is 23.7 Å². The lowest BCUT2D eigenvalue weighted by Crippen LogP contribution is -2.60. The van der Waals surface area contributed by atoms with Crippen molar-refractivity contribution in [2.75, 3.05) is 27.3 Å². The number of carbonyl (C=O) groups excluding carboxylic acids is 2. The Morgan fingerprint density at radius 2 is 1.75 bits per heavy atom. The fourth-order valence-corrected chi connectivity index (χ4v) is 9.46. The maximum absolute atomic E-state index is 14.1. The normalized spacial score (nSPS) is 26.3. The molecular formula is C34H31NO4S. The lowest BCUT2D eigenvalue weighted by atomic mass is 9.43. The van der Waals surface area contributed by atoms with Crippen LogP contribution in [0.1, 0.15) is 40.3 Å². The first-order chi connectivity index (χ1) is 19.5. The zero-order chi connectivity index (χ0) is 27.6. The van der Waals surface area contributed by atoms with Crippen molar-refractivity contribution >= 4 is 38.9 Å². The van der Waals surface area contributed by atoms with Gasteiger partial charge in [-0.05, 0) is 47.6 Å². The molecule has 1 saturated carbocycles. The molecule has 8 rings (SSSR count). The average molecular weight is 550 g/mol. The number of carbonyl (C=O) groups is 2. The van der Waals surface area contributed by atoms with Crippen molar-refractivity contribution in [3.63, 3.8) is 0 Å². The number of amides is 1. The summed E-state index contributed by atoms with van der Waals surface area (Å²) in [5, 5.41) is 1.21. The SMILES string of the molecule is C=C(C(=O)N1C[C@H]2[C@@]3(c4cc5ccccc5s4)CC[C@@H](c4ccccc43)[C@@]2(C(=O)OC)C1)c1ccccc1OC. The van der Waals surface area contributed by atoms with Crippen molar-refractivity contribution < 1.29 is 19.1 Å². The molecule has 2 bridgehead atoms. The standard InChI is InChI=1S/C34H31NO4S/c1-21(23-11-6-8-14-27(23)38-2)31(36)35-19-29-33(30-18-22-10-4-9-15-28(22)40-30)17-16-26(24-12-5-7-13-25(24)33)34(29,20-35)32(37)39-3/h4-15,18,26,29H,1,16-17,19-20H2,2-3H3/t26-,29-,33+,34-/m0/s1. The Morgan fingerprint density at radius 1 is 1.00 bits per heavy atom. The summed E-state index contributed by atoms with van der Waals surface area (Å²) in [6.07, 6.45) is 1.80. The van der Waals surface area contributed by atoms with Gasteiger partial charge in [0.2, 0.25) is 0 Å². The largest absolute Gasteiger partial charge is 0.496 e. The number of esters is 1. The number of methoxy groups -OCH3 is 2. The van der Waals surface area contributed by atoms with Gasteiger partial charge in [-0.15, -0.1) is 11.3 Å². The molecule has 0 spiro atoms. The third kappa shape index (κ3) is 3.20. The van der Waals surface area contributed by atoms with Gasteiger partial charge in [-0.2, -0.15) is 0 Å².